The maximum Gasteiger partial charge on any atom is 0.122 e. The number of benzene rings is 2. The summed E-state index contributed by atoms with van der Waals surface area (Å²) in [4.78, 5) is 4.54. The lowest BCUT2D eigenvalue weighted by molar-refractivity contribution is -0.281. The summed E-state index contributed by atoms with van der Waals surface area (Å²) in [5.41, 5.74) is 2.12. The lowest BCUT2D eigenvalue weighted by atomic mass is 10.0. The van der Waals surface area contributed by atoms with E-state index in [1.807, 2.05) is 60.7 Å². The first-order valence-corrected chi connectivity index (χ1v) is 5.29. The SMILES string of the molecule is OOC(Cc1ccccc1)c1ccccc1. The maximum absolute atomic E-state index is 8.94. The van der Waals surface area contributed by atoms with Gasteiger partial charge in [-0.05, 0) is 11.1 Å². The van der Waals surface area contributed by atoms with Crippen LogP contribution in [0.5, 0.6) is 0 Å². The molecule has 2 aromatic carbocycles. The molecule has 0 heterocycles. The van der Waals surface area contributed by atoms with Crippen molar-refractivity contribution in [3.05, 3.63) is 71.8 Å². The lowest BCUT2D eigenvalue weighted by Crippen LogP contribution is -2.05. The zero-order chi connectivity index (χ0) is 11.2. The second-order valence-electron chi connectivity index (χ2n) is 3.69. The molecule has 0 bridgehead atoms. The molecule has 82 valence electrons. The predicted molar refractivity (Wildman–Crippen MR) is 63.0 cm³/mol. The molecule has 0 aliphatic heterocycles. The smallest absolute Gasteiger partial charge is 0.122 e. The van der Waals surface area contributed by atoms with Crippen molar-refractivity contribution in [1.29, 1.82) is 0 Å². The van der Waals surface area contributed by atoms with Crippen LogP contribution in [0.4, 0.5) is 0 Å². The van der Waals surface area contributed by atoms with Gasteiger partial charge in [0.1, 0.15) is 6.10 Å². The van der Waals surface area contributed by atoms with Crippen LogP contribution in [0.1, 0.15) is 17.2 Å². The van der Waals surface area contributed by atoms with Gasteiger partial charge in [-0.1, -0.05) is 60.7 Å². The van der Waals surface area contributed by atoms with Crippen molar-refractivity contribution in [3.63, 3.8) is 0 Å². The molecule has 0 fully saturated rings. The van der Waals surface area contributed by atoms with Crippen LogP contribution in [0.25, 0.3) is 0 Å². The Labute approximate surface area is 95.1 Å². The largest absolute Gasteiger partial charge is 0.251 e. The lowest BCUT2D eigenvalue weighted by Gasteiger charge is -2.13. The number of rotatable bonds is 4. The van der Waals surface area contributed by atoms with Crippen molar-refractivity contribution in [2.24, 2.45) is 0 Å². The van der Waals surface area contributed by atoms with Crippen LogP contribution in [0, 0.1) is 0 Å². The monoisotopic (exact) mass is 214 g/mol. The third kappa shape index (κ3) is 2.69. The summed E-state index contributed by atoms with van der Waals surface area (Å²) < 4.78 is 0. The minimum absolute atomic E-state index is 0.302. The summed E-state index contributed by atoms with van der Waals surface area (Å²) in [7, 11) is 0. The van der Waals surface area contributed by atoms with Gasteiger partial charge in [0.2, 0.25) is 0 Å². The Hall–Kier alpha value is -1.64. The van der Waals surface area contributed by atoms with Crippen LogP contribution in [-0.4, -0.2) is 5.26 Å². The predicted octanol–water partition coefficient (Wildman–Crippen LogP) is 3.46. The molecule has 0 saturated carbocycles. The third-order valence-corrected chi connectivity index (χ3v) is 2.56. The van der Waals surface area contributed by atoms with Crippen LogP contribution in [0.3, 0.4) is 0 Å². The Bertz CT molecular complexity index is 411. The van der Waals surface area contributed by atoms with E-state index >= 15 is 0 Å². The molecule has 2 aromatic rings. The van der Waals surface area contributed by atoms with Gasteiger partial charge >= 0.3 is 0 Å². The highest BCUT2D eigenvalue weighted by Gasteiger charge is 2.11. The van der Waals surface area contributed by atoms with Gasteiger partial charge in [-0.15, -0.1) is 0 Å². The summed E-state index contributed by atoms with van der Waals surface area (Å²) >= 11 is 0. The highest BCUT2D eigenvalue weighted by Crippen LogP contribution is 2.20. The molecule has 0 spiro atoms. The minimum atomic E-state index is -0.302. The van der Waals surface area contributed by atoms with E-state index < -0.39 is 0 Å². The van der Waals surface area contributed by atoms with Crippen LogP contribution >= 0.6 is 0 Å². The second kappa shape index (κ2) is 5.45. The summed E-state index contributed by atoms with van der Waals surface area (Å²) in [5, 5.41) is 8.94. The van der Waals surface area contributed by atoms with Crippen molar-refractivity contribution >= 4 is 0 Å². The van der Waals surface area contributed by atoms with Gasteiger partial charge in [0, 0.05) is 6.42 Å². The van der Waals surface area contributed by atoms with E-state index in [2.05, 4.69) is 4.89 Å². The molecule has 0 aliphatic carbocycles. The molecule has 2 heteroatoms. The molecule has 2 rings (SSSR count). The summed E-state index contributed by atoms with van der Waals surface area (Å²) in [6.07, 6.45) is 0.366. The molecule has 0 aliphatic rings. The molecule has 0 saturated heterocycles. The van der Waals surface area contributed by atoms with E-state index in [1.165, 1.54) is 0 Å². The Kier molecular flexibility index (Phi) is 3.70. The zero-order valence-corrected chi connectivity index (χ0v) is 8.91. The minimum Gasteiger partial charge on any atom is -0.251 e. The van der Waals surface area contributed by atoms with Crippen LogP contribution < -0.4 is 0 Å². The average Bonchev–Trinajstić information content (AvgIpc) is 2.38. The normalized spacial score (nSPS) is 12.3. The molecule has 1 unspecified atom stereocenters. The number of hydrogen-bond donors (Lipinski definition) is 1. The molecular formula is C14H14O2. The van der Waals surface area contributed by atoms with Gasteiger partial charge in [0.25, 0.3) is 0 Å². The van der Waals surface area contributed by atoms with E-state index in [0.29, 0.717) is 6.42 Å². The molecule has 1 N–H and O–H groups in total. The first-order chi connectivity index (χ1) is 7.90. The molecule has 0 amide bonds. The highest BCUT2D eigenvalue weighted by molar-refractivity contribution is 5.22. The van der Waals surface area contributed by atoms with Gasteiger partial charge < -0.3 is 0 Å². The van der Waals surface area contributed by atoms with Gasteiger partial charge in [-0.2, -0.15) is 0 Å². The summed E-state index contributed by atoms with van der Waals surface area (Å²) in [6.45, 7) is 0. The fraction of sp³-hybridized carbons (Fsp3) is 0.143. The molecule has 2 nitrogen and oxygen atoms in total. The Morgan fingerprint density at radius 3 is 2.00 bits per heavy atom. The van der Waals surface area contributed by atoms with Crippen LogP contribution in [0.15, 0.2) is 60.7 Å². The molecule has 16 heavy (non-hydrogen) atoms. The quantitative estimate of drug-likeness (QED) is 0.624. The number of hydrogen-bond acceptors (Lipinski definition) is 2. The van der Waals surface area contributed by atoms with Crippen molar-refractivity contribution in [1.82, 2.24) is 0 Å². The van der Waals surface area contributed by atoms with Gasteiger partial charge in [0.05, 0.1) is 0 Å². The maximum atomic E-state index is 8.94. The van der Waals surface area contributed by atoms with Crippen molar-refractivity contribution in [2.45, 2.75) is 12.5 Å². The fourth-order valence-electron chi connectivity index (χ4n) is 1.71. The highest BCUT2D eigenvalue weighted by atomic mass is 17.1. The standard InChI is InChI=1S/C14H14O2/c15-16-14(13-9-5-2-6-10-13)11-12-7-3-1-4-8-12/h1-10,14-15H,11H2. The van der Waals surface area contributed by atoms with Gasteiger partial charge in [0.15, 0.2) is 0 Å². The van der Waals surface area contributed by atoms with E-state index in [0.717, 1.165) is 11.1 Å². The van der Waals surface area contributed by atoms with Crippen LogP contribution in [-0.2, 0) is 11.3 Å². The van der Waals surface area contributed by atoms with E-state index in [9.17, 15) is 0 Å². The Morgan fingerprint density at radius 1 is 0.875 bits per heavy atom. The fourth-order valence-corrected chi connectivity index (χ4v) is 1.71. The van der Waals surface area contributed by atoms with E-state index in [-0.39, 0.29) is 6.10 Å². The second-order valence-corrected chi connectivity index (χ2v) is 3.69. The van der Waals surface area contributed by atoms with Crippen molar-refractivity contribution in [2.75, 3.05) is 0 Å². The third-order valence-electron chi connectivity index (χ3n) is 2.56. The molecular weight excluding hydrogens is 200 g/mol. The average molecular weight is 214 g/mol. The van der Waals surface area contributed by atoms with E-state index in [1.54, 1.807) is 0 Å². The van der Waals surface area contributed by atoms with Gasteiger partial charge in [-0.25, -0.2) is 4.89 Å². The topological polar surface area (TPSA) is 29.5 Å². The summed E-state index contributed by atoms with van der Waals surface area (Å²) in [6, 6.07) is 19.7. The van der Waals surface area contributed by atoms with E-state index in [4.69, 9.17) is 5.26 Å². The molecule has 0 aromatic heterocycles. The van der Waals surface area contributed by atoms with Gasteiger partial charge in [-0.3, -0.25) is 5.26 Å². The summed E-state index contributed by atoms with van der Waals surface area (Å²) in [5.74, 6) is 0. The molecule has 1 atom stereocenters. The molecule has 0 radical (unpaired) electrons. The zero-order valence-electron chi connectivity index (χ0n) is 8.91. The first-order valence-electron chi connectivity index (χ1n) is 5.29. The van der Waals surface area contributed by atoms with Crippen LogP contribution in [0.2, 0.25) is 0 Å². The first kappa shape index (κ1) is 10.9. The van der Waals surface area contributed by atoms with Crippen molar-refractivity contribution in [3.8, 4) is 0 Å². The Morgan fingerprint density at radius 2 is 1.44 bits per heavy atom. The Balaban J connectivity index is 2.13. The van der Waals surface area contributed by atoms with Crippen molar-refractivity contribution < 1.29 is 10.1 Å².